The van der Waals surface area contributed by atoms with Crippen LogP contribution in [0.25, 0.3) is 32.9 Å². The molecule has 5 aromatic rings. The largest absolute Gasteiger partial charge is 0.461 e. The topological polar surface area (TPSA) is 172 Å². The molecular weight excluding hydrogens is 1010 g/mol. The number of imide groups is 1. The van der Waals surface area contributed by atoms with E-state index in [0.29, 0.717) is 78.0 Å². The number of pyridine rings is 1. The van der Waals surface area contributed by atoms with Gasteiger partial charge in [0, 0.05) is 79.9 Å². The smallest absolute Gasteiger partial charge is 0.409 e. The number of carbonyl (C=O) groups excluding carboxylic acids is 4. The molecule has 0 radical (unpaired) electrons. The van der Waals surface area contributed by atoms with E-state index in [1.165, 1.54) is 13.2 Å². The zero-order chi connectivity index (χ0) is 54.2. The van der Waals surface area contributed by atoms with Crippen LogP contribution in [0.5, 0.6) is 6.01 Å². The lowest BCUT2D eigenvalue weighted by Gasteiger charge is -2.58. The molecule has 79 heavy (non-hydrogen) atoms. The van der Waals surface area contributed by atoms with Crippen LogP contribution in [0.2, 0.25) is 0 Å². The zero-order valence-electron chi connectivity index (χ0n) is 44.6. The second-order valence-corrected chi connectivity index (χ2v) is 23.2. The van der Waals surface area contributed by atoms with Gasteiger partial charge >= 0.3 is 12.1 Å². The number of aryl methyl sites for hydroxylation is 1. The van der Waals surface area contributed by atoms with Gasteiger partial charge in [-0.25, -0.2) is 18.6 Å². The number of halogens is 2. The average Bonchev–Trinajstić information content (AvgIpc) is 4.16. The molecular formula is C60H65F2N9O8. The van der Waals surface area contributed by atoms with Gasteiger partial charge in [0.15, 0.2) is 5.82 Å². The van der Waals surface area contributed by atoms with Crippen LogP contribution in [0.3, 0.4) is 0 Å². The Morgan fingerprint density at radius 2 is 1.68 bits per heavy atom. The van der Waals surface area contributed by atoms with Crippen LogP contribution in [-0.2, 0) is 36.8 Å². The van der Waals surface area contributed by atoms with E-state index in [2.05, 4.69) is 32.0 Å². The lowest BCUT2D eigenvalue weighted by Crippen LogP contribution is -2.65. The van der Waals surface area contributed by atoms with E-state index in [0.717, 1.165) is 121 Å². The zero-order valence-corrected chi connectivity index (χ0v) is 44.6. The predicted molar refractivity (Wildman–Crippen MR) is 290 cm³/mol. The van der Waals surface area contributed by atoms with Crippen LogP contribution >= 0.6 is 0 Å². The summed E-state index contributed by atoms with van der Waals surface area (Å²) in [6.45, 7) is 8.36. The van der Waals surface area contributed by atoms with Crippen LogP contribution in [0, 0.1) is 29.4 Å². The monoisotopic (exact) mass is 1080 g/mol. The molecule has 3 aromatic carbocycles. The Balaban J connectivity index is 0.000000152. The van der Waals surface area contributed by atoms with Gasteiger partial charge in [-0.1, -0.05) is 30.2 Å². The Labute approximate surface area is 457 Å². The Morgan fingerprint density at radius 3 is 2.46 bits per heavy atom. The Bertz CT molecular complexity index is 3320. The summed E-state index contributed by atoms with van der Waals surface area (Å²) in [7, 11) is 1.42. The fourth-order valence-corrected chi connectivity index (χ4v) is 14.4. The van der Waals surface area contributed by atoms with Gasteiger partial charge < -0.3 is 38.5 Å². The summed E-state index contributed by atoms with van der Waals surface area (Å²) in [6, 6.07) is 14.0. The number of likely N-dealkylation sites (tertiary alicyclic amines) is 1. The molecule has 1 saturated carbocycles. The van der Waals surface area contributed by atoms with Crippen molar-refractivity contribution in [1.82, 2.24) is 35.0 Å². The highest BCUT2D eigenvalue weighted by atomic mass is 19.1. The first-order valence-corrected chi connectivity index (χ1v) is 28.2. The highest BCUT2D eigenvalue weighted by Gasteiger charge is 2.55. The summed E-state index contributed by atoms with van der Waals surface area (Å²) in [5, 5.41) is 4.14. The molecule has 1 aliphatic carbocycles. The number of rotatable bonds is 8. The molecule has 14 rings (SSSR count). The number of carbonyl (C=O) groups is 4. The average molecular weight is 1080 g/mol. The summed E-state index contributed by atoms with van der Waals surface area (Å²) < 4.78 is 55.3. The van der Waals surface area contributed by atoms with E-state index in [4.69, 9.17) is 40.3 Å². The first kappa shape index (κ1) is 51.4. The summed E-state index contributed by atoms with van der Waals surface area (Å²) in [5.74, 6) is 1.22. The highest BCUT2D eigenvalue weighted by Crippen LogP contribution is 2.51. The van der Waals surface area contributed by atoms with E-state index < -0.39 is 17.7 Å². The number of terminal acetylenes is 1. The molecule has 19 heteroatoms. The number of ether oxygens (including phenoxy) is 4. The van der Waals surface area contributed by atoms with Gasteiger partial charge in [-0.3, -0.25) is 24.6 Å². The van der Waals surface area contributed by atoms with Gasteiger partial charge in [-0.2, -0.15) is 9.97 Å². The summed E-state index contributed by atoms with van der Waals surface area (Å²) in [5.41, 5.74) is 4.43. The van der Waals surface area contributed by atoms with Crippen LogP contribution < -0.4 is 19.9 Å². The maximum Gasteiger partial charge on any atom is 0.409 e. The molecule has 0 bridgehead atoms. The molecule has 8 aliphatic heterocycles. The van der Waals surface area contributed by atoms with Gasteiger partial charge in [-0.15, -0.1) is 6.42 Å². The maximum atomic E-state index is 16.9. The number of hydrogen-bond donors (Lipinski definition) is 1. The number of fused-ring (bicyclic) bond motifs is 5. The first-order chi connectivity index (χ1) is 38.4. The SMILES string of the molecule is C#Cc1c(F)ccc2cccc(-c3nc4c5c(nc(OCC67CCCN6CCC7)nc5c3F)N3CCCOCC3CC4)c12.COC(=O)N1CC2(CC(OC3CCN(c4ccc5c(c4)CN(C4CCC(=O)NC4=O)C5=O)CC3)C2)C1. The van der Waals surface area contributed by atoms with Gasteiger partial charge in [-0.05, 0) is 125 Å². The molecule has 6 saturated heterocycles. The third-order valence-corrected chi connectivity index (χ3v) is 18.4. The molecule has 2 unspecified atom stereocenters. The lowest BCUT2D eigenvalue weighted by atomic mass is 9.62. The maximum absolute atomic E-state index is 16.9. The number of amides is 4. The van der Waals surface area contributed by atoms with E-state index >= 15 is 4.39 Å². The van der Waals surface area contributed by atoms with Crippen molar-refractivity contribution in [3.63, 3.8) is 0 Å². The number of methoxy groups -OCH3 is 1. The number of hydrogen-bond acceptors (Lipinski definition) is 14. The van der Waals surface area contributed by atoms with Crippen LogP contribution in [0.4, 0.5) is 25.1 Å². The number of piperidine rings is 2. The molecule has 17 nitrogen and oxygen atoms in total. The number of aromatic nitrogens is 3. The number of nitrogens with one attached hydrogen (secondary N) is 1. The minimum Gasteiger partial charge on any atom is -0.461 e. The van der Waals surface area contributed by atoms with Crippen molar-refractivity contribution in [2.75, 3.05) is 82.5 Å². The molecule has 1 N–H and O–H groups in total. The van der Waals surface area contributed by atoms with Crippen LogP contribution in [-0.4, -0.2) is 156 Å². The van der Waals surface area contributed by atoms with E-state index in [9.17, 15) is 23.6 Å². The van der Waals surface area contributed by atoms with Crippen molar-refractivity contribution < 1.29 is 46.9 Å². The van der Waals surface area contributed by atoms with E-state index in [-0.39, 0.29) is 82.2 Å². The molecule has 9 aliphatic rings. The fourth-order valence-electron chi connectivity index (χ4n) is 14.4. The van der Waals surface area contributed by atoms with Crippen molar-refractivity contribution in [2.24, 2.45) is 5.41 Å². The van der Waals surface area contributed by atoms with Crippen molar-refractivity contribution in [3.8, 4) is 29.6 Å². The number of benzene rings is 3. The Kier molecular flexibility index (Phi) is 13.4. The van der Waals surface area contributed by atoms with E-state index in [1.807, 2.05) is 24.3 Å². The fraction of sp³-hybridized carbons (Fsp3) is 0.517. The highest BCUT2D eigenvalue weighted by molar-refractivity contribution is 6.06. The molecule has 1 spiro atoms. The van der Waals surface area contributed by atoms with Gasteiger partial charge in [0.25, 0.3) is 5.91 Å². The minimum absolute atomic E-state index is 0.00280. The molecule has 10 heterocycles. The van der Waals surface area contributed by atoms with Crippen LogP contribution in [0.15, 0.2) is 48.5 Å². The van der Waals surface area contributed by atoms with Crippen molar-refractivity contribution >= 4 is 57.0 Å². The Morgan fingerprint density at radius 1 is 0.873 bits per heavy atom. The number of anilines is 2. The second kappa shape index (κ2) is 20.6. The van der Waals surface area contributed by atoms with Gasteiger partial charge in [0.1, 0.15) is 35.5 Å². The molecule has 7 fully saturated rings. The molecule has 2 atom stereocenters. The minimum atomic E-state index is -0.590. The molecule has 412 valence electrons. The van der Waals surface area contributed by atoms with Crippen LogP contribution in [0.1, 0.15) is 104 Å². The summed E-state index contributed by atoms with van der Waals surface area (Å²) in [6.07, 6.45) is 17.3. The third kappa shape index (κ3) is 9.26. The summed E-state index contributed by atoms with van der Waals surface area (Å²) >= 11 is 0. The van der Waals surface area contributed by atoms with Crippen molar-refractivity contribution in [1.29, 1.82) is 0 Å². The van der Waals surface area contributed by atoms with Crippen molar-refractivity contribution in [2.45, 2.75) is 120 Å². The lowest BCUT2D eigenvalue weighted by molar-refractivity contribution is -0.164. The summed E-state index contributed by atoms with van der Waals surface area (Å²) in [4.78, 5) is 73.3. The standard InChI is InChI=1S/C34H33F2N5O2.C26H32N4O6/c1-2-23-25(35)11-9-21-7-3-8-24(27(21)23)30-29(36)31-28-26(37-30)12-10-22-19-42-18-6-17-41(22)32(28)39-33(38-31)43-20-34-13-4-15-40(34)16-5-14-34;1-35-25(34)29-14-26(15-29)11-19(12-26)36-18-6-8-28(9-7-18)17-2-3-20-16(10-17)13-30(24(20)33)21-4-5-22(31)27-23(21)32/h1,3,7-9,11,22H,4-6,10,12-20H2;2-3,10,18-19,21H,4-9,11-15H2,1H3,(H,27,31,32). The van der Waals surface area contributed by atoms with Gasteiger partial charge in [0.05, 0.1) is 54.1 Å². The quantitative estimate of drug-likeness (QED) is 0.121. The van der Waals surface area contributed by atoms with Gasteiger partial charge in [0.2, 0.25) is 11.8 Å². The Hall–Kier alpha value is -7.01. The normalized spacial score (nSPS) is 23.4. The third-order valence-electron chi connectivity index (χ3n) is 18.4. The number of nitrogens with zero attached hydrogens (tertiary/aromatic N) is 8. The van der Waals surface area contributed by atoms with Crippen molar-refractivity contribution in [3.05, 3.63) is 82.5 Å². The molecule has 2 aromatic heterocycles. The predicted octanol–water partition coefficient (Wildman–Crippen LogP) is 7.32. The molecule has 4 amide bonds. The van der Waals surface area contributed by atoms with E-state index in [1.54, 1.807) is 21.9 Å². The second-order valence-electron chi connectivity index (χ2n) is 23.2. The first-order valence-electron chi connectivity index (χ1n) is 28.2.